The van der Waals surface area contributed by atoms with Gasteiger partial charge in [-0.25, -0.2) is 4.68 Å². The van der Waals surface area contributed by atoms with Gasteiger partial charge in [0, 0.05) is 22.9 Å². The Balaban J connectivity index is 1.54. The first-order chi connectivity index (χ1) is 14.5. The van der Waals surface area contributed by atoms with Crippen LogP contribution in [0.2, 0.25) is 0 Å². The van der Waals surface area contributed by atoms with Crippen molar-refractivity contribution in [1.82, 2.24) is 9.78 Å². The zero-order valence-corrected chi connectivity index (χ0v) is 15.9. The van der Waals surface area contributed by atoms with Gasteiger partial charge >= 0.3 is 0 Å². The largest absolute Gasteiger partial charge is 0.366 e. The third-order valence-electron chi connectivity index (χ3n) is 4.66. The quantitative estimate of drug-likeness (QED) is 0.539. The van der Waals surface area contributed by atoms with Crippen LogP contribution < -0.4 is 16.6 Å². The number of hydrogen-bond acceptors (Lipinski definition) is 4. The van der Waals surface area contributed by atoms with Gasteiger partial charge in [-0.1, -0.05) is 36.4 Å². The molecule has 2 amide bonds. The number of fused-ring (bicyclic) bond motifs is 1. The van der Waals surface area contributed by atoms with Gasteiger partial charge in [0.1, 0.15) is 6.54 Å². The highest BCUT2D eigenvalue weighted by molar-refractivity contribution is 5.94. The molecule has 0 bridgehead atoms. The molecular weight excluding hydrogens is 380 g/mol. The number of amides is 2. The molecule has 0 saturated heterocycles. The molecule has 1 heterocycles. The lowest BCUT2D eigenvalue weighted by Gasteiger charge is -2.09. The minimum Gasteiger partial charge on any atom is -0.366 e. The maximum absolute atomic E-state index is 12.4. The van der Waals surface area contributed by atoms with Crippen molar-refractivity contribution in [2.24, 2.45) is 5.73 Å². The number of anilines is 1. The number of nitrogens with zero attached hydrogens (tertiary/aromatic N) is 2. The van der Waals surface area contributed by atoms with Gasteiger partial charge in [-0.05, 0) is 47.2 Å². The Bertz CT molecular complexity index is 1310. The van der Waals surface area contributed by atoms with E-state index in [4.69, 9.17) is 5.73 Å². The van der Waals surface area contributed by atoms with Crippen LogP contribution in [0.4, 0.5) is 5.69 Å². The molecule has 0 aliphatic rings. The van der Waals surface area contributed by atoms with Crippen molar-refractivity contribution in [3.8, 4) is 11.3 Å². The van der Waals surface area contributed by atoms with Crippen LogP contribution in [0, 0.1) is 0 Å². The molecule has 30 heavy (non-hydrogen) atoms. The van der Waals surface area contributed by atoms with Gasteiger partial charge < -0.3 is 11.1 Å². The SMILES string of the molecule is NC(=O)c1ccc(NC(=O)Cn2nc(-c3ccc4ccccc4c3)ccc2=O)cc1. The van der Waals surface area contributed by atoms with E-state index in [2.05, 4.69) is 10.4 Å². The lowest BCUT2D eigenvalue weighted by atomic mass is 10.1. The van der Waals surface area contributed by atoms with Crippen molar-refractivity contribution in [3.05, 3.63) is 94.8 Å². The summed E-state index contributed by atoms with van der Waals surface area (Å²) >= 11 is 0. The van der Waals surface area contributed by atoms with E-state index in [0.717, 1.165) is 21.0 Å². The van der Waals surface area contributed by atoms with Crippen LogP contribution in [0.15, 0.2) is 83.7 Å². The van der Waals surface area contributed by atoms with Gasteiger partial charge in [0.2, 0.25) is 11.8 Å². The molecule has 4 aromatic rings. The molecule has 0 saturated carbocycles. The average Bonchev–Trinajstić information content (AvgIpc) is 2.75. The first-order valence-electron chi connectivity index (χ1n) is 9.27. The molecule has 4 rings (SSSR count). The summed E-state index contributed by atoms with van der Waals surface area (Å²) in [6.07, 6.45) is 0. The lowest BCUT2D eigenvalue weighted by Crippen LogP contribution is -2.29. The molecule has 0 aliphatic carbocycles. The first kappa shape index (κ1) is 19.1. The topological polar surface area (TPSA) is 107 Å². The van der Waals surface area contributed by atoms with Crippen molar-refractivity contribution >= 4 is 28.3 Å². The van der Waals surface area contributed by atoms with Crippen molar-refractivity contribution in [2.45, 2.75) is 6.54 Å². The van der Waals surface area contributed by atoms with Crippen LogP contribution in [0.25, 0.3) is 22.0 Å². The summed E-state index contributed by atoms with van der Waals surface area (Å²) in [5.74, 6) is -0.957. The van der Waals surface area contributed by atoms with E-state index in [1.54, 1.807) is 18.2 Å². The van der Waals surface area contributed by atoms with Gasteiger partial charge in [0.15, 0.2) is 0 Å². The predicted octanol–water partition coefficient (Wildman–Crippen LogP) is 2.80. The normalized spacial score (nSPS) is 10.7. The van der Waals surface area contributed by atoms with E-state index in [0.29, 0.717) is 16.9 Å². The van der Waals surface area contributed by atoms with E-state index >= 15 is 0 Å². The summed E-state index contributed by atoms with van der Waals surface area (Å²) in [4.78, 5) is 35.7. The second-order valence-electron chi connectivity index (χ2n) is 6.77. The summed E-state index contributed by atoms with van der Waals surface area (Å²) in [7, 11) is 0. The van der Waals surface area contributed by atoms with Crippen LogP contribution in [0.1, 0.15) is 10.4 Å². The monoisotopic (exact) mass is 398 g/mol. The Labute approximate surface area is 171 Å². The number of aromatic nitrogens is 2. The molecule has 3 aromatic carbocycles. The Hall–Kier alpha value is -4.26. The fourth-order valence-corrected chi connectivity index (χ4v) is 3.12. The average molecular weight is 398 g/mol. The van der Waals surface area contributed by atoms with E-state index in [9.17, 15) is 14.4 Å². The second-order valence-corrected chi connectivity index (χ2v) is 6.77. The van der Waals surface area contributed by atoms with Crippen LogP contribution in [0.3, 0.4) is 0 Å². The molecular formula is C23H18N4O3. The summed E-state index contributed by atoms with van der Waals surface area (Å²) in [5, 5.41) is 9.20. The molecule has 7 heteroatoms. The number of hydrogen-bond donors (Lipinski definition) is 2. The molecule has 0 spiro atoms. The van der Waals surface area contributed by atoms with Crippen molar-refractivity contribution < 1.29 is 9.59 Å². The van der Waals surface area contributed by atoms with Crippen molar-refractivity contribution in [1.29, 1.82) is 0 Å². The molecule has 1 aromatic heterocycles. The van der Waals surface area contributed by atoms with Crippen LogP contribution in [-0.2, 0) is 11.3 Å². The fraction of sp³-hybridized carbons (Fsp3) is 0.0435. The highest BCUT2D eigenvalue weighted by Crippen LogP contribution is 2.22. The van der Waals surface area contributed by atoms with Crippen molar-refractivity contribution in [3.63, 3.8) is 0 Å². The summed E-state index contributed by atoms with van der Waals surface area (Å²) in [5.41, 5.74) is 7.11. The summed E-state index contributed by atoms with van der Waals surface area (Å²) in [6.45, 7) is -0.238. The second kappa shape index (κ2) is 8.00. The fourth-order valence-electron chi connectivity index (χ4n) is 3.12. The van der Waals surface area contributed by atoms with Gasteiger partial charge in [0.05, 0.1) is 5.69 Å². The lowest BCUT2D eigenvalue weighted by molar-refractivity contribution is -0.117. The minimum absolute atomic E-state index is 0.238. The highest BCUT2D eigenvalue weighted by atomic mass is 16.2. The van der Waals surface area contributed by atoms with Gasteiger partial charge in [-0.2, -0.15) is 5.10 Å². The number of carbonyl (C=O) groups excluding carboxylic acids is 2. The van der Waals surface area contributed by atoms with Gasteiger partial charge in [-0.15, -0.1) is 0 Å². The first-order valence-corrected chi connectivity index (χ1v) is 9.27. The van der Waals surface area contributed by atoms with Crippen LogP contribution in [-0.4, -0.2) is 21.6 Å². The standard InChI is InChI=1S/C23H18N4O3/c24-23(30)16-7-9-19(10-8-16)25-21(28)14-27-22(29)12-11-20(26-27)18-6-5-15-3-1-2-4-17(15)13-18/h1-13H,14H2,(H2,24,30)(H,25,28). The zero-order valence-electron chi connectivity index (χ0n) is 15.9. The molecule has 148 valence electrons. The third-order valence-corrected chi connectivity index (χ3v) is 4.66. The summed E-state index contributed by atoms with van der Waals surface area (Å²) < 4.78 is 1.12. The molecule has 0 atom stereocenters. The van der Waals surface area contributed by atoms with Crippen LogP contribution >= 0.6 is 0 Å². The predicted molar refractivity (Wildman–Crippen MR) is 115 cm³/mol. The number of nitrogens with two attached hydrogens (primary N) is 1. The van der Waals surface area contributed by atoms with E-state index in [1.807, 2.05) is 42.5 Å². The van der Waals surface area contributed by atoms with E-state index < -0.39 is 11.8 Å². The molecule has 0 unspecified atom stereocenters. The Morgan fingerprint density at radius 3 is 2.37 bits per heavy atom. The van der Waals surface area contributed by atoms with Gasteiger partial charge in [-0.3, -0.25) is 14.4 Å². The van der Waals surface area contributed by atoms with Gasteiger partial charge in [0.25, 0.3) is 5.56 Å². The van der Waals surface area contributed by atoms with E-state index in [1.165, 1.54) is 18.2 Å². The molecule has 0 radical (unpaired) electrons. The third kappa shape index (κ3) is 4.10. The number of benzene rings is 3. The van der Waals surface area contributed by atoms with E-state index in [-0.39, 0.29) is 12.1 Å². The smallest absolute Gasteiger partial charge is 0.267 e. The Kier molecular flexibility index (Phi) is 5.09. The molecule has 0 aliphatic heterocycles. The minimum atomic E-state index is -0.547. The Morgan fingerprint density at radius 2 is 1.63 bits per heavy atom. The number of primary amides is 1. The maximum atomic E-state index is 12.4. The van der Waals surface area contributed by atoms with Crippen molar-refractivity contribution in [2.75, 3.05) is 5.32 Å². The number of nitrogens with one attached hydrogen (secondary N) is 1. The zero-order chi connectivity index (χ0) is 21.1. The van der Waals surface area contributed by atoms with Crippen LogP contribution in [0.5, 0.6) is 0 Å². The molecule has 3 N–H and O–H groups in total. The maximum Gasteiger partial charge on any atom is 0.267 e. The molecule has 7 nitrogen and oxygen atoms in total. The number of rotatable bonds is 5. The summed E-state index contributed by atoms with van der Waals surface area (Å²) in [6, 6.07) is 23.1. The molecule has 0 fully saturated rings. The highest BCUT2D eigenvalue weighted by Gasteiger charge is 2.09. The Morgan fingerprint density at radius 1 is 0.900 bits per heavy atom. The number of carbonyl (C=O) groups is 2.